The van der Waals surface area contributed by atoms with Crippen LogP contribution in [0.15, 0.2) is 18.2 Å². The van der Waals surface area contributed by atoms with Gasteiger partial charge in [0, 0.05) is 38.3 Å². The zero-order valence-corrected chi connectivity index (χ0v) is 18.8. The number of anilines is 1. The molecule has 0 radical (unpaired) electrons. The number of rotatable bonds is 9. The molecule has 1 N–H and O–H groups in total. The number of piperidine rings is 1. The van der Waals surface area contributed by atoms with Gasteiger partial charge in [-0.1, -0.05) is 18.5 Å². The number of halogens is 1. The summed E-state index contributed by atoms with van der Waals surface area (Å²) in [5, 5.41) is 3.20. The van der Waals surface area contributed by atoms with Gasteiger partial charge in [0.1, 0.15) is 5.75 Å². The van der Waals surface area contributed by atoms with E-state index in [-0.39, 0.29) is 30.2 Å². The lowest BCUT2D eigenvalue weighted by atomic mass is 9.96. The molecule has 1 aliphatic rings. The highest BCUT2D eigenvalue weighted by atomic mass is 35.5. The van der Waals surface area contributed by atoms with Gasteiger partial charge in [-0.2, -0.15) is 0 Å². The van der Waals surface area contributed by atoms with E-state index < -0.39 is 0 Å². The standard InChI is InChI=1S/C22H32ClN3O4/c1-4-8-20(27)26-12-7-9-16(14-26)22(29)24-17-10-11-19(18(23)13-17)30-15-21(28)25(5-2)6-3/h10-11,13,16H,4-9,12,14-15H2,1-3H3,(H,24,29). The minimum Gasteiger partial charge on any atom is -0.482 e. The number of carbonyl (C=O) groups excluding carboxylic acids is 3. The average Bonchev–Trinajstić information content (AvgIpc) is 2.74. The number of benzene rings is 1. The molecule has 1 aromatic rings. The Balaban J connectivity index is 1.92. The zero-order chi connectivity index (χ0) is 22.1. The Hall–Kier alpha value is -2.28. The summed E-state index contributed by atoms with van der Waals surface area (Å²) in [4.78, 5) is 40.3. The Kier molecular flexibility index (Phi) is 9.43. The molecule has 1 atom stereocenters. The Morgan fingerprint density at radius 2 is 1.97 bits per heavy atom. The van der Waals surface area contributed by atoms with Crippen LogP contribution in [0, 0.1) is 5.92 Å². The maximum Gasteiger partial charge on any atom is 0.260 e. The van der Waals surface area contributed by atoms with E-state index >= 15 is 0 Å². The number of ether oxygens (including phenoxy) is 1. The van der Waals surface area contributed by atoms with E-state index in [4.69, 9.17) is 16.3 Å². The maximum absolute atomic E-state index is 12.7. The Labute approximate surface area is 183 Å². The molecule has 0 saturated carbocycles. The molecule has 2 rings (SSSR count). The predicted molar refractivity (Wildman–Crippen MR) is 118 cm³/mol. The van der Waals surface area contributed by atoms with Crippen LogP contribution in [-0.4, -0.2) is 60.3 Å². The second-order valence-corrected chi connectivity index (χ2v) is 7.83. The van der Waals surface area contributed by atoms with E-state index in [1.165, 1.54) is 0 Å². The lowest BCUT2D eigenvalue weighted by Gasteiger charge is -2.32. The van der Waals surface area contributed by atoms with Crippen LogP contribution in [0.2, 0.25) is 5.02 Å². The van der Waals surface area contributed by atoms with E-state index in [2.05, 4.69) is 5.32 Å². The fourth-order valence-electron chi connectivity index (χ4n) is 3.54. The first-order chi connectivity index (χ1) is 14.4. The van der Waals surface area contributed by atoms with Gasteiger partial charge < -0.3 is 19.9 Å². The molecule has 1 heterocycles. The zero-order valence-electron chi connectivity index (χ0n) is 18.1. The van der Waals surface area contributed by atoms with Gasteiger partial charge >= 0.3 is 0 Å². The van der Waals surface area contributed by atoms with E-state index in [9.17, 15) is 14.4 Å². The third kappa shape index (κ3) is 6.62. The number of nitrogens with one attached hydrogen (secondary N) is 1. The minimum absolute atomic E-state index is 0.0865. The van der Waals surface area contributed by atoms with Gasteiger partial charge in [-0.3, -0.25) is 14.4 Å². The van der Waals surface area contributed by atoms with Crippen molar-refractivity contribution >= 4 is 35.0 Å². The molecule has 0 bridgehead atoms. The SMILES string of the molecule is CCCC(=O)N1CCCC(C(=O)Nc2ccc(OCC(=O)N(CC)CC)c(Cl)c2)C1. The third-order valence-electron chi connectivity index (χ3n) is 5.28. The quantitative estimate of drug-likeness (QED) is 0.640. The van der Waals surface area contributed by atoms with Crippen molar-refractivity contribution in [2.45, 2.75) is 46.5 Å². The molecular formula is C22H32ClN3O4. The highest BCUT2D eigenvalue weighted by Crippen LogP contribution is 2.28. The lowest BCUT2D eigenvalue weighted by Crippen LogP contribution is -2.43. The molecule has 7 nitrogen and oxygen atoms in total. The topological polar surface area (TPSA) is 79.0 Å². The van der Waals surface area contributed by atoms with Crippen molar-refractivity contribution in [3.05, 3.63) is 23.2 Å². The van der Waals surface area contributed by atoms with Crippen molar-refractivity contribution in [2.75, 3.05) is 38.1 Å². The Morgan fingerprint density at radius 1 is 1.23 bits per heavy atom. The molecule has 1 unspecified atom stereocenters. The van der Waals surface area contributed by atoms with Crippen molar-refractivity contribution in [2.24, 2.45) is 5.92 Å². The second-order valence-electron chi connectivity index (χ2n) is 7.42. The summed E-state index contributed by atoms with van der Waals surface area (Å²) in [6.45, 7) is 8.13. The summed E-state index contributed by atoms with van der Waals surface area (Å²) < 4.78 is 5.54. The molecule has 30 heavy (non-hydrogen) atoms. The lowest BCUT2D eigenvalue weighted by molar-refractivity contribution is -0.135. The molecule has 0 aliphatic carbocycles. The molecule has 166 valence electrons. The first-order valence-corrected chi connectivity index (χ1v) is 11.1. The Morgan fingerprint density at radius 3 is 2.60 bits per heavy atom. The number of carbonyl (C=O) groups is 3. The van der Waals surface area contributed by atoms with E-state index in [0.717, 1.165) is 19.3 Å². The van der Waals surface area contributed by atoms with Gasteiger partial charge in [0.05, 0.1) is 10.9 Å². The summed E-state index contributed by atoms with van der Waals surface area (Å²) in [5.74, 6) is 0.0438. The first-order valence-electron chi connectivity index (χ1n) is 10.7. The third-order valence-corrected chi connectivity index (χ3v) is 5.57. The smallest absolute Gasteiger partial charge is 0.260 e. The molecule has 3 amide bonds. The largest absolute Gasteiger partial charge is 0.482 e. The van der Waals surface area contributed by atoms with Gasteiger partial charge in [-0.05, 0) is 51.3 Å². The molecule has 1 aromatic carbocycles. The van der Waals surface area contributed by atoms with Crippen molar-refractivity contribution < 1.29 is 19.1 Å². The van der Waals surface area contributed by atoms with Gasteiger partial charge in [0.25, 0.3) is 5.91 Å². The summed E-state index contributed by atoms with van der Waals surface area (Å²) in [6, 6.07) is 4.95. The van der Waals surface area contributed by atoms with E-state index in [1.807, 2.05) is 20.8 Å². The summed E-state index contributed by atoms with van der Waals surface area (Å²) >= 11 is 6.27. The van der Waals surface area contributed by atoms with Crippen molar-refractivity contribution in [3.8, 4) is 5.75 Å². The fraction of sp³-hybridized carbons (Fsp3) is 0.591. The van der Waals surface area contributed by atoms with Gasteiger partial charge in [0.15, 0.2) is 6.61 Å². The normalized spacial score (nSPS) is 16.1. The fourth-order valence-corrected chi connectivity index (χ4v) is 3.77. The first kappa shape index (κ1) is 24.0. The van der Waals surface area contributed by atoms with Crippen LogP contribution in [-0.2, 0) is 14.4 Å². The number of nitrogens with zero attached hydrogens (tertiary/aromatic N) is 2. The monoisotopic (exact) mass is 437 g/mol. The van der Waals surface area contributed by atoms with Crippen LogP contribution in [0.4, 0.5) is 5.69 Å². The van der Waals surface area contributed by atoms with Crippen molar-refractivity contribution in [1.82, 2.24) is 9.80 Å². The molecule has 1 fully saturated rings. The van der Waals surface area contributed by atoms with Crippen LogP contribution in [0.1, 0.15) is 46.5 Å². The van der Waals surface area contributed by atoms with Crippen LogP contribution in [0.3, 0.4) is 0 Å². The number of likely N-dealkylation sites (N-methyl/N-ethyl adjacent to an activating group) is 1. The number of hydrogen-bond acceptors (Lipinski definition) is 4. The molecule has 1 aliphatic heterocycles. The number of amides is 3. The molecular weight excluding hydrogens is 406 g/mol. The molecule has 1 saturated heterocycles. The summed E-state index contributed by atoms with van der Waals surface area (Å²) in [7, 11) is 0. The summed E-state index contributed by atoms with van der Waals surface area (Å²) in [5.41, 5.74) is 0.560. The van der Waals surface area contributed by atoms with E-state index in [1.54, 1.807) is 28.0 Å². The van der Waals surface area contributed by atoms with Gasteiger partial charge in [0.2, 0.25) is 11.8 Å². The molecule has 8 heteroatoms. The highest BCUT2D eigenvalue weighted by molar-refractivity contribution is 6.32. The molecule has 0 aromatic heterocycles. The predicted octanol–water partition coefficient (Wildman–Crippen LogP) is 3.56. The number of hydrogen-bond donors (Lipinski definition) is 1. The summed E-state index contributed by atoms with van der Waals surface area (Å²) in [6.07, 6.45) is 2.90. The van der Waals surface area contributed by atoms with E-state index in [0.29, 0.717) is 49.1 Å². The molecule has 0 spiro atoms. The Bertz CT molecular complexity index is 752. The minimum atomic E-state index is -0.235. The highest BCUT2D eigenvalue weighted by Gasteiger charge is 2.28. The van der Waals surface area contributed by atoms with Crippen LogP contribution in [0.5, 0.6) is 5.75 Å². The van der Waals surface area contributed by atoms with Crippen molar-refractivity contribution in [3.63, 3.8) is 0 Å². The van der Waals surface area contributed by atoms with Crippen molar-refractivity contribution in [1.29, 1.82) is 0 Å². The maximum atomic E-state index is 12.7. The second kappa shape index (κ2) is 11.8. The average molecular weight is 438 g/mol. The van der Waals surface area contributed by atoms with Gasteiger partial charge in [-0.25, -0.2) is 0 Å². The number of likely N-dealkylation sites (tertiary alicyclic amines) is 1. The van der Waals surface area contributed by atoms with Gasteiger partial charge in [-0.15, -0.1) is 0 Å². The van der Waals surface area contributed by atoms with Crippen LogP contribution >= 0.6 is 11.6 Å². The van der Waals surface area contributed by atoms with Crippen LogP contribution < -0.4 is 10.1 Å². The van der Waals surface area contributed by atoms with Crippen LogP contribution in [0.25, 0.3) is 0 Å².